The van der Waals surface area contributed by atoms with Gasteiger partial charge in [0.15, 0.2) is 0 Å². The molecule has 0 heterocycles. The molecule has 43 heavy (non-hydrogen) atoms. The Morgan fingerprint density at radius 1 is 0.488 bits per heavy atom. The first-order valence-electron chi connectivity index (χ1n) is 19.0. The third-order valence-corrected chi connectivity index (χ3v) is 8.18. The van der Waals surface area contributed by atoms with Crippen LogP contribution in [0.4, 0.5) is 0 Å². The lowest BCUT2D eigenvalue weighted by Gasteiger charge is -2.20. The second-order valence-corrected chi connectivity index (χ2v) is 13.0. The van der Waals surface area contributed by atoms with Crippen molar-refractivity contribution >= 4 is 0 Å². The van der Waals surface area contributed by atoms with Gasteiger partial charge in [0.2, 0.25) is 0 Å². The number of hydrogen-bond donors (Lipinski definition) is 0. The highest BCUT2D eigenvalue weighted by Gasteiger charge is 2.10. The summed E-state index contributed by atoms with van der Waals surface area (Å²) in [5.41, 5.74) is 0. The monoisotopic (exact) mass is 604 g/mol. The van der Waals surface area contributed by atoms with Crippen LogP contribution in [0, 0.1) is 0 Å². The molecule has 0 bridgehead atoms. The Labute approximate surface area is 271 Å². The van der Waals surface area contributed by atoms with Crippen molar-refractivity contribution in [3.8, 4) is 0 Å². The van der Waals surface area contributed by atoms with Crippen molar-refractivity contribution in [3.63, 3.8) is 0 Å². The quantitative estimate of drug-likeness (QED) is 0.0531. The van der Waals surface area contributed by atoms with Crippen molar-refractivity contribution in [2.75, 3.05) is 40.5 Å². The highest BCUT2D eigenvalue weighted by Crippen LogP contribution is 2.12. The molecule has 0 aliphatic rings. The minimum absolute atomic E-state index is 0.240. The van der Waals surface area contributed by atoms with E-state index in [9.17, 15) is 0 Å². The van der Waals surface area contributed by atoms with Crippen molar-refractivity contribution in [2.45, 2.75) is 180 Å². The second-order valence-electron chi connectivity index (χ2n) is 13.0. The summed E-state index contributed by atoms with van der Waals surface area (Å²) < 4.78 is 12.3. The summed E-state index contributed by atoms with van der Waals surface area (Å²) in [7, 11) is 4.29. The molecule has 0 amide bonds. The molecule has 254 valence electrons. The first-order valence-corrected chi connectivity index (χ1v) is 19.0. The van der Waals surface area contributed by atoms with E-state index in [0.717, 1.165) is 39.2 Å². The van der Waals surface area contributed by atoms with E-state index in [1.165, 1.54) is 148 Å². The first kappa shape index (κ1) is 42.1. The maximum absolute atomic E-state index is 6.27. The molecule has 0 aliphatic carbocycles. The summed E-state index contributed by atoms with van der Waals surface area (Å²) in [6.07, 6.45) is 46.9. The van der Waals surface area contributed by atoms with Gasteiger partial charge in [-0.3, -0.25) is 0 Å². The second kappa shape index (κ2) is 37.3. The molecule has 1 atom stereocenters. The first-order chi connectivity index (χ1) is 21.2. The Hall–Kier alpha value is -0.900. The lowest BCUT2D eigenvalue weighted by atomic mass is 10.1. The van der Waals surface area contributed by atoms with Gasteiger partial charge < -0.3 is 14.4 Å². The average molecular weight is 604 g/mol. The molecule has 1 unspecified atom stereocenters. The fourth-order valence-corrected chi connectivity index (χ4v) is 5.28. The zero-order chi connectivity index (χ0) is 31.3. The van der Waals surface area contributed by atoms with Crippen LogP contribution in [-0.2, 0) is 9.47 Å². The Morgan fingerprint density at radius 3 is 1.49 bits per heavy atom. The molecule has 0 rings (SSSR count). The Bertz CT molecular complexity index is 597. The summed E-state index contributed by atoms with van der Waals surface area (Å²) in [6, 6.07) is 0. The molecular formula is C40H77NO2. The SMILES string of the molecule is CCC/C=C\CCCCCCCCCCCOC(CCN(C)C)COCCCCCCCC/C=C\C/C=C\CCCCC. The van der Waals surface area contributed by atoms with Crippen LogP contribution in [0.5, 0.6) is 0 Å². The smallest absolute Gasteiger partial charge is 0.0820 e. The number of allylic oxidation sites excluding steroid dienone is 6. The molecule has 0 aromatic rings. The van der Waals surface area contributed by atoms with Crippen LogP contribution in [0.1, 0.15) is 174 Å². The average Bonchev–Trinajstić information content (AvgIpc) is 3.00. The van der Waals surface area contributed by atoms with Gasteiger partial charge in [-0.15, -0.1) is 0 Å². The fourth-order valence-electron chi connectivity index (χ4n) is 5.28. The molecule has 0 fully saturated rings. The molecule has 0 N–H and O–H groups in total. The number of rotatable bonds is 35. The van der Waals surface area contributed by atoms with Gasteiger partial charge in [0.25, 0.3) is 0 Å². The standard InChI is InChI=1S/C40H77NO2/c1-5-7-9-11-13-15-17-19-21-22-23-25-27-29-31-33-37-42-39-40(35-36-41(3)4)43-38-34-32-30-28-26-24-20-18-16-14-12-10-8-6-2/h10,12-13,15,19,21,40H,5-9,11,14,16-18,20,22-39H2,1-4H3/b12-10-,15-13-,21-19-. The lowest BCUT2D eigenvalue weighted by molar-refractivity contribution is -0.0248. The predicted molar refractivity (Wildman–Crippen MR) is 193 cm³/mol. The molecule has 3 heteroatoms. The van der Waals surface area contributed by atoms with Gasteiger partial charge >= 0.3 is 0 Å². The van der Waals surface area contributed by atoms with E-state index in [0.29, 0.717) is 0 Å². The fraction of sp³-hybridized carbons (Fsp3) is 0.850. The summed E-state index contributed by atoms with van der Waals surface area (Å²) in [6.45, 7) is 8.10. The normalized spacial score (nSPS) is 13.0. The lowest BCUT2D eigenvalue weighted by Crippen LogP contribution is -2.26. The predicted octanol–water partition coefficient (Wildman–Crippen LogP) is 12.4. The van der Waals surface area contributed by atoms with Crippen molar-refractivity contribution < 1.29 is 9.47 Å². The molecule has 0 saturated carbocycles. The Balaban J connectivity index is 3.62. The van der Waals surface area contributed by atoms with Crippen molar-refractivity contribution in [1.82, 2.24) is 4.90 Å². The van der Waals surface area contributed by atoms with Gasteiger partial charge in [-0.05, 0) is 84.7 Å². The molecule has 0 saturated heterocycles. The summed E-state index contributed by atoms with van der Waals surface area (Å²) in [5, 5.41) is 0. The topological polar surface area (TPSA) is 21.7 Å². The zero-order valence-corrected chi connectivity index (χ0v) is 29.8. The Morgan fingerprint density at radius 2 is 0.953 bits per heavy atom. The van der Waals surface area contributed by atoms with Crippen molar-refractivity contribution in [3.05, 3.63) is 36.5 Å². The van der Waals surface area contributed by atoms with Gasteiger partial charge in [-0.1, -0.05) is 140 Å². The van der Waals surface area contributed by atoms with E-state index in [1.807, 2.05) is 0 Å². The summed E-state index contributed by atoms with van der Waals surface area (Å²) in [5.74, 6) is 0. The van der Waals surface area contributed by atoms with Crippen molar-refractivity contribution in [2.24, 2.45) is 0 Å². The molecular weight excluding hydrogens is 526 g/mol. The van der Waals surface area contributed by atoms with E-state index >= 15 is 0 Å². The maximum atomic E-state index is 6.27. The van der Waals surface area contributed by atoms with E-state index < -0.39 is 0 Å². The van der Waals surface area contributed by atoms with Crippen LogP contribution in [0.15, 0.2) is 36.5 Å². The summed E-state index contributed by atoms with van der Waals surface area (Å²) >= 11 is 0. The molecule has 0 aliphatic heterocycles. The third kappa shape index (κ3) is 37.2. The van der Waals surface area contributed by atoms with Gasteiger partial charge in [-0.2, -0.15) is 0 Å². The minimum atomic E-state index is 0.240. The van der Waals surface area contributed by atoms with E-state index in [4.69, 9.17) is 9.47 Å². The molecule has 0 spiro atoms. The molecule has 0 aromatic heterocycles. The van der Waals surface area contributed by atoms with Crippen LogP contribution in [0.2, 0.25) is 0 Å². The van der Waals surface area contributed by atoms with Gasteiger partial charge in [0.05, 0.1) is 12.7 Å². The van der Waals surface area contributed by atoms with Crippen LogP contribution in [-0.4, -0.2) is 51.5 Å². The van der Waals surface area contributed by atoms with Gasteiger partial charge in [0.1, 0.15) is 0 Å². The highest BCUT2D eigenvalue weighted by molar-refractivity contribution is 4.92. The van der Waals surface area contributed by atoms with Crippen LogP contribution in [0.3, 0.4) is 0 Å². The third-order valence-electron chi connectivity index (χ3n) is 8.18. The van der Waals surface area contributed by atoms with E-state index in [2.05, 4.69) is 69.3 Å². The molecule has 0 radical (unpaired) electrons. The van der Waals surface area contributed by atoms with Crippen molar-refractivity contribution in [1.29, 1.82) is 0 Å². The highest BCUT2D eigenvalue weighted by atomic mass is 16.5. The summed E-state index contributed by atoms with van der Waals surface area (Å²) in [4.78, 5) is 2.25. The zero-order valence-electron chi connectivity index (χ0n) is 29.8. The van der Waals surface area contributed by atoms with Crippen LogP contribution in [0.25, 0.3) is 0 Å². The largest absolute Gasteiger partial charge is 0.379 e. The molecule has 0 aromatic carbocycles. The van der Waals surface area contributed by atoms with Crippen LogP contribution >= 0.6 is 0 Å². The number of hydrogen-bond acceptors (Lipinski definition) is 3. The molecule has 3 nitrogen and oxygen atoms in total. The number of ether oxygens (including phenoxy) is 2. The van der Waals surface area contributed by atoms with E-state index in [-0.39, 0.29) is 6.10 Å². The van der Waals surface area contributed by atoms with Gasteiger partial charge in [0, 0.05) is 19.8 Å². The number of nitrogens with zero attached hydrogens (tertiary/aromatic N) is 1. The number of unbranched alkanes of at least 4 members (excludes halogenated alkanes) is 19. The maximum Gasteiger partial charge on any atom is 0.0820 e. The van der Waals surface area contributed by atoms with Crippen LogP contribution < -0.4 is 0 Å². The Kier molecular flexibility index (Phi) is 36.5. The van der Waals surface area contributed by atoms with E-state index in [1.54, 1.807) is 0 Å². The van der Waals surface area contributed by atoms with Gasteiger partial charge in [-0.25, -0.2) is 0 Å². The minimum Gasteiger partial charge on any atom is -0.379 e.